The van der Waals surface area contributed by atoms with Gasteiger partial charge in [0, 0.05) is 24.2 Å². The van der Waals surface area contributed by atoms with Gasteiger partial charge in [0.05, 0.1) is 26.2 Å². The Hall–Kier alpha value is -1.95. The summed E-state index contributed by atoms with van der Waals surface area (Å²) in [5.74, 6) is 0.740. The van der Waals surface area contributed by atoms with Gasteiger partial charge >= 0.3 is 5.97 Å². The molecule has 1 fully saturated rings. The predicted molar refractivity (Wildman–Crippen MR) is 81.8 cm³/mol. The molecule has 1 heterocycles. The number of methoxy groups -OCH3 is 2. The molecular formula is C16H23NO5. The number of carbonyl (C=O) groups is 1. The van der Waals surface area contributed by atoms with E-state index in [2.05, 4.69) is 5.32 Å². The molecule has 0 radical (unpaired) electrons. The first-order chi connectivity index (χ1) is 10.5. The minimum Gasteiger partial charge on any atom is -0.496 e. The van der Waals surface area contributed by atoms with Crippen LogP contribution in [0.4, 0.5) is 0 Å². The third-order valence-corrected chi connectivity index (χ3v) is 3.73. The summed E-state index contributed by atoms with van der Waals surface area (Å²) < 4.78 is 16.6. The van der Waals surface area contributed by atoms with E-state index in [4.69, 9.17) is 19.3 Å². The molecular weight excluding hydrogens is 286 g/mol. The van der Waals surface area contributed by atoms with Crippen LogP contribution in [0.3, 0.4) is 0 Å². The topological polar surface area (TPSA) is 77.0 Å². The van der Waals surface area contributed by atoms with Crippen molar-refractivity contribution in [2.75, 3.05) is 20.8 Å². The molecule has 122 valence electrons. The molecule has 22 heavy (non-hydrogen) atoms. The van der Waals surface area contributed by atoms with Crippen LogP contribution in [0.2, 0.25) is 0 Å². The summed E-state index contributed by atoms with van der Waals surface area (Å²) in [5.41, 5.74) is 0.888. The summed E-state index contributed by atoms with van der Waals surface area (Å²) in [6, 6.07) is 3.58. The number of hydrogen-bond donors (Lipinski definition) is 2. The van der Waals surface area contributed by atoms with E-state index >= 15 is 0 Å². The zero-order valence-corrected chi connectivity index (χ0v) is 13.4. The highest BCUT2D eigenvalue weighted by Crippen LogP contribution is 2.41. The number of carboxylic acid groups (broad SMARTS) is 1. The molecule has 2 unspecified atom stereocenters. The maximum absolute atomic E-state index is 11.1. The lowest BCUT2D eigenvalue weighted by molar-refractivity contribution is -0.141. The first-order valence-corrected chi connectivity index (χ1v) is 7.35. The van der Waals surface area contributed by atoms with E-state index in [0.717, 1.165) is 5.56 Å². The van der Waals surface area contributed by atoms with Crippen molar-refractivity contribution in [3.05, 3.63) is 17.7 Å². The Balaban J connectivity index is 2.33. The highest BCUT2D eigenvalue weighted by atomic mass is 16.5. The SMILES string of the molecule is COc1cc(C2CC(C(=O)O)CN2)c(OC)cc1OC(C)C. The Kier molecular flexibility index (Phi) is 5.13. The first-order valence-electron chi connectivity index (χ1n) is 7.35. The molecule has 0 saturated carbocycles. The second-order valence-corrected chi connectivity index (χ2v) is 5.64. The van der Waals surface area contributed by atoms with Crippen molar-refractivity contribution in [3.8, 4) is 17.2 Å². The van der Waals surface area contributed by atoms with Crippen LogP contribution >= 0.6 is 0 Å². The van der Waals surface area contributed by atoms with Crippen molar-refractivity contribution in [1.29, 1.82) is 0 Å². The molecule has 2 rings (SSSR count). The number of rotatable bonds is 6. The predicted octanol–water partition coefficient (Wildman–Crippen LogP) is 2.23. The van der Waals surface area contributed by atoms with Crippen LogP contribution in [-0.4, -0.2) is 37.9 Å². The zero-order chi connectivity index (χ0) is 16.3. The van der Waals surface area contributed by atoms with Crippen LogP contribution in [0.15, 0.2) is 12.1 Å². The lowest BCUT2D eigenvalue weighted by Crippen LogP contribution is -2.17. The maximum Gasteiger partial charge on any atom is 0.307 e. The largest absolute Gasteiger partial charge is 0.496 e. The molecule has 6 heteroatoms. The number of carboxylic acids is 1. The van der Waals surface area contributed by atoms with Gasteiger partial charge < -0.3 is 24.6 Å². The Labute approximate surface area is 130 Å². The fourth-order valence-electron chi connectivity index (χ4n) is 2.67. The fourth-order valence-corrected chi connectivity index (χ4v) is 2.67. The molecule has 1 aliphatic heterocycles. The summed E-state index contributed by atoms with van der Waals surface area (Å²) in [4.78, 5) is 11.1. The number of hydrogen-bond acceptors (Lipinski definition) is 5. The summed E-state index contributed by atoms with van der Waals surface area (Å²) >= 11 is 0. The van der Waals surface area contributed by atoms with Gasteiger partial charge in [-0.05, 0) is 26.3 Å². The zero-order valence-electron chi connectivity index (χ0n) is 13.4. The summed E-state index contributed by atoms with van der Waals surface area (Å²) in [6.45, 7) is 4.33. The van der Waals surface area contributed by atoms with E-state index in [0.29, 0.717) is 30.2 Å². The Morgan fingerprint density at radius 2 is 1.91 bits per heavy atom. The van der Waals surface area contributed by atoms with Crippen molar-refractivity contribution in [2.45, 2.75) is 32.4 Å². The number of nitrogens with one attached hydrogen (secondary N) is 1. The Morgan fingerprint density at radius 1 is 1.23 bits per heavy atom. The van der Waals surface area contributed by atoms with Gasteiger partial charge in [0.25, 0.3) is 0 Å². The summed E-state index contributed by atoms with van der Waals surface area (Å²) in [6.07, 6.45) is 0.546. The molecule has 0 amide bonds. The Morgan fingerprint density at radius 3 is 2.41 bits per heavy atom. The lowest BCUT2D eigenvalue weighted by atomic mass is 9.99. The quantitative estimate of drug-likeness (QED) is 0.839. The molecule has 1 aromatic carbocycles. The molecule has 6 nitrogen and oxygen atoms in total. The number of ether oxygens (including phenoxy) is 3. The molecule has 0 aliphatic carbocycles. The molecule has 1 saturated heterocycles. The molecule has 2 atom stereocenters. The smallest absolute Gasteiger partial charge is 0.307 e. The van der Waals surface area contributed by atoms with Gasteiger partial charge in [-0.3, -0.25) is 4.79 Å². The van der Waals surface area contributed by atoms with E-state index in [-0.39, 0.29) is 18.1 Å². The van der Waals surface area contributed by atoms with Gasteiger partial charge in [-0.2, -0.15) is 0 Å². The van der Waals surface area contributed by atoms with Crippen LogP contribution in [-0.2, 0) is 4.79 Å². The second-order valence-electron chi connectivity index (χ2n) is 5.64. The van der Waals surface area contributed by atoms with E-state index in [1.54, 1.807) is 20.3 Å². The normalized spacial score (nSPS) is 21.0. The van der Waals surface area contributed by atoms with Gasteiger partial charge in [0.2, 0.25) is 0 Å². The van der Waals surface area contributed by atoms with Gasteiger partial charge in [-0.15, -0.1) is 0 Å². The lowest BCUT2D eigenvalue weighted by Gasteiger charge is -2.20. The van der Waals surface area contributed by atoms with E-state index in [1.165, 1.54) is 0 Å². The molecule has 0 bridgehead atoms. The van der Waals surface area contributed by atoms with Crippen molar-refractivity contribution in [3.63, 3.8) is 0 Å². The standard InChI is InChI=1S/C16H23NO5/c1-9(2)22-15-7-13(20-3)11(6-14(15)21-4)12-5-10(8-17-12)16(18)19/h6-7,9-10,12,17H,5,8H2,1-4H3,(H,18,19). The van der Waals surface area contributed by atoms with Crippen LogP contribution < -0.4 is 19.5 Å². The van der Waals surface area contributed by atoms with Crippen molar-refractivity contribution in [2.24, 2.45) is 5.92 Å². The second kappa shape index (κ2) is 6.87. The van der Waals surface area contributed by atoms with Crippen LogP contribution in [0, 0.1) is 5.92 Å². The molecule has 0 aromatic heterocycles. The highest BCUT2D eigenvalue weighted by molar-refractivity contribution is 5.71. The molecule has 0 spiro atoms. The van der Waals surface area contributed by atoms with Gasteiger partial charge in [0.15, 0.2) is 11.5 Å². The van der Waals surface area contributed by atoms with Crippen LogP contribution in [0.5, 0.6) is 17.2 Å². The van der Waals surface area contributed by atoms with Crippen LogP contribution in [0.1, 0.15) is 31.9 Å². The van der Waals surface area contributed by atoms with Crippen molar-refractivity contribution in [1.82, 2.24) is 5.32 Å². The Bertz CT molecular complexity index is 544. The fraction of sp³-hybridized carbons (Fsp3) is 0.562. The summed E-state index contributed by atoms with van der Waals surface area (Å²) in [7, 11) is 3.18. The average molecular weight is 309 g/mol. The monoisotopic (exact) mass is 309 g/mol. The minimum atomic E-state index is -0.777. The van der Waals surface area contributed by atoms with E-state index in [9.17, 15) is 4.79 Å². The van der Waals surface area contributed by atoms with Crippen LogP contribution in [0.25, 0.3) is 0 Å². The molecule has 1 aromatic rings. The van der Waals surface area contributed by atoms with E-state index < -0.39 is 5.97 Å². The van der Waals surface area contributed by atoms with Crippen molar-refractivity contribution < 1.29 is 24.1 Å². The van der Waals surface area contributed by atoms with Gasteiger partial charge in [-0.1, -0.05) is 0 Å². The third-order valence-electron chi connectivity index (χ3n) is 3.73. The van der Waals surface area contributed by atoms with Gasteiger partial charge in [-0.25, -0.2) is 0 Å². The van der Waals surface area contributed by atoms with Crippen molar-refractivity contribution >= 4 is 5.97 Å². The van der Waals surface area contributed by atoms with Gasteiger partial charge in [0.1, 0.15) is 5.75 Å². The maximum atomic E-state index is 11.1. The number of aliphatic carboxylic acids is 1. The number of benzene rings is 1. The summed E-state index contributed by atoms with van der Waals surface area (Å²) in [5, 5.41) is 12.4. The minimum absolute atomic E-state index is 0.0189. The molecule has 2 N–H and O–H groups in total. The third kappa shape index (κ3) is 3.44. The van der Waals surface area contributed by atoms with E-state index in [1.807, 2.05) is 19.9 Å². The average Bonchev–Trinajstić information content (AvgIpc) is 2.96. The highest BCUT2D eigenvalue weighted by Gasteiger charge is 2.32. The molecule has 1 aliphatic rings. The first kappa shape index (κ1) is 16.4.